The number of hydrogen-bond acceptors (Lipinski definition) is 5. The smallest absolute Gasteiger partial charge is 0.271 e. The maximum absolute atomic E-state index is 14.4. The third kappa shape index (κ3) is 3.65. The first-order chi connectivity index (χ1) is 12.6. The Bertz CT molecular complexity index is 1070. The highest BCUT2D eigenvalue weighted by molar-refractivity contribution is 7.90. The molecule has 1 aliphatic rings. The second-order valence-electron chi connectivity index (χ2n) is 6.16. The predicted molar refractivity (Wildman–Crippen MR) is 97.6 cm³/mol. The van der Waals surface area contributed by atoms with Crippen molar-refractivity contribution in [1.29, 1.82) is 0 Å². The number of halogens is 2. The molecule has 1 heterocycles. The fourth-order valence-corrected chi connectivity index (χ4v) is 3.95. The average Bonchev–Trinajstić information content (AvgIpc) is 2.62. The number of benzene rings is 2. The Labute approximate surface area is 159 Å². The minimum Gasteiger partial charge on any atom is -0.305 e. The number of non-ortho nitro benzene ring substituents is 1. The van der Waals surface area contributed by atoms with E-state index in [9.17, 15) is 27.7 Å². The lowest BCUT2D eigenvalue weighted by Gasteiger charge is -2.30. The van der Waals surface area contributed by atoms with Crippen molar-refractivity contribution < 1.29 is 22.5 Å². The summed E-state index contributed by atoms with van der Waals surface area (Å²) in [6.07, 6.45) is 1.89. The SMILES string of the molecule is CS(=O)(=O)c1cc(C(=O)N2CCCc3c(Cl)ccc(F)c32)cc([N+](=O)[O-])c1. The molecule has 27 heavy (non-hydrogen) atoms. The molecule has 0 saturated heterocycles. The van der Waals surface area contributed by atoms with Crippen LogP contribution in [0, 0.1) is 15.9 Å². The number of carbonyl (C=O) groups is 1. The zero-order chi connectivity index (χ0) is 19.9. The zero-order valence-corrected chi connectivity index (χ0v) is 15.7. The summed E-state index contributed by atoms with van der Waals surface area (Å²) < 4.78 is 38.1. The molecule has 1 aliphatic heterocycles. The first kappa shape index (κ1) is 19.2. The van der Waals surface area contributed by atoms with Crippen LogP contribution < -0.4 is 4.90 Å². The summed E-state index contributed by atoms with van der Waals surface area (Å²) in [4.78, 5) is 24.1. The van der Waals surface area contributed by atoms with E-state index in [1.807, 2.05) is 0 Å². The summed E-state index contributed by atoms with van der Waals surface area (Å²) in [7, 11) is -3.79. The van der Waals surface area contributed by atoms with Gasteiger partial charge in [0.25, 0.3) is 11.6 Å². The molecule has 1 amide bonds. The van der Waals surface area contributed by atoms with E-state index >= 15 is 0 Å². The molecule has 0 bridgehead atoms. The topological polar surface area (TPSA) is 97.6 Å². The molecule has 0 N–H and O–H groups in total. The van der Waals surface area contributed by atoms with Crippen LogP contribution in [-0.4, -0.2) is 32.0 Å². The van der Waals surface area contributed by atoms with Crippen LogP contribution in [0.25, 0.3) is 0 Å². The number of nitro benzene ring substituents is 1. The lowest BCUT2D eigenvalue weighted by Crippen LogP contribution is -2.36. The van der Waals surface area contributed by atoms with Crippen molar-refractivity contribution in [3.8, 4) is 0 Å². The van der Waals surface area contributed by atoms with Gasteiger partial charge in [0.2, 0.25) is 0 Å². The fraction of sp³-hybridized carbons (Fsp3) is 0.235. The van der Waals surface area contributed by atoms with E-state index in [4.69, 9.17) is 11.6 Å². The number of sulfone groups is 1. The summed E-state index contributed by atoms with van der Waals surface area (Å²) >= 11 is 6.11. The van der Waals surface area contributed by atoms with Crippen LogP contribution in [0.5, 0.6) is 0 Å². The van der Waals surface area contributed by atoms with Crippen molar-refractivity contribution >= 4 is 38.7 Å². The number of nitrogens with zero attached hydrogens (tertiary/aromatic N) is 2. The molecule has 3 rings (SSSR count). The van der Waals surface area contributed by atoms with Gasteiger partial charge in [-0.05, 0) is 36.6 Å². The van der Waals surface area contributed by atoms with Gasteiger partial charge in [-0.2, -0.15) is 0 Å². The van der Waals surface area contributed by atoms with Gasteiger partial charge in [-0.25, -0.2) is 12.8 Å². The van der Waals surface area contributed by atoms with Gasteiger partial charge in [0.15, 0.2) is 9.84 Å². The van der Waals surface area contributed by atoms with Crippen molar-refractivity contribution in [2.24, 2.45) is 0 Å². The molecule has 0 aliphatic carbocycles. The Morgan fingerprint density at radius 1 is 1.30 bits per heavy atom. The molecule has 2 aromatic rings. The van der Waals surface area contributed by atoms with Gasteiger partial charge in [-0.1, -0.05) is 11.6 Å². The number of carbonyl (C=O) groups excluding carboxylic acids is 1. The van der Waals surface area contributed by atoms with Gasteiger partial charge < -0.3 is 4.90 Å². The predicted octanol–water partition coefficient (Wildman–Crippen LogP) is 3.38. The van der Waals surface area contributed by atoms with E-state index in [-0.39, 0.29) is 22.7 Å². The van der Waals surface area contributed by atoms with Gasteiger partial charge in [0, 0.05) is 35.5 Å². The summed E-state index contributed by atoms with van der Waals surface area (Å²) in [5.74, 6) is -1.37. The monoisotopic (exact) mass is 412 g/mol. The Kier molecular flexibility index (Phi) is 4.92. The Balaban J connectivity index is 2.15. The van der Waals surface area contributed by atoms with Crippen LogP contribution in [0.15, 0.2) is 35.2 Å². The quantitative estimate of drug-likeness (QED) is 0.568. The molecule has 10 heteroatoms. The van der Waals surface area contributed by atoms with Crippen LogP contribution in [0.4, 0.5) is 15.8 Å². The van der Waals surface area contributed by atoms with E-state index in [2.05, 4.69) is 0 Å². The second kappa shape index (κ2) is 6.90. The summed E-state index contributed by atoms with van der Waals surface area (Å²) in [5, 5.41) is 11.5. The van der Waals surface area contributed by atoms with Crippen LogP contribution >= 0.6 is 11.6 Å². The first-order valence-corrected chi connectivity index (χ1v) is 10.1. The molecular formula is C17H14ClFN2O5S. The molecule has 0 fully saturated rings. The van der Waals surface area contributed by atoms with Crippen molar-refractivity contribution in [3.63, 3.8) is 0 Å². The molecule has 142 valence electrons. The van der Waals surface area contributed by atoms with Gasteiger partial charge in [0.1, 0.15) is 5.82 Å². The molecule has 0 aromatic heterocycles. The second-order valence-corrected chi connectivity index (χ2v) is 8.58. The van der Waals surface area contributed by atoms with Crippen LogP contribution in [-0.2, 0) is 16.3 Å². The van der Waals surface area contributed by atoms with Gasteiger partial charge in [-0.15, -0.1) is 0 Å². The number of fused-ring (bicyclic) bond motifs is 1. The van der Waals surface area contributed by atoms with Crippen LogP contribution in [0.2, 0.25) is 5.02 Å². The van der Waals surface area contributed by atoms with Gasteiger partial charge in [0.05, 0.1) is 15.5 Å². The number of rotatable bonds is 3. The normalized spacial score (nSPS) is 14.0. The zero-order valence-electron chi connectivity index (χ0n) is 14.1. The molecule has 0 atom stereocenters. The van der Waals surface area contributed by atoms with E-state index in [0.717, 1.165) is 35.4 Å². The van der Waals surface area contributed by atoms with Crippen molar-refractivity contribution in [1.82, 2.24) is 0 Å². The van der Waals surface area contributed by atoms with E-state index in [0.29, 0.717) is 23.4 Å². The third-order valence-electron chi connectivity index (χ3n) is 4.28. The number of hydrogen-bond donors (Lipinski definition) is 0. The number of anilines is 1. The maximum atomic E-state index is 14.4. The minimum absolute atomic E-state index is 0.0196. The largest absolute Gasteiger partial charge is 0.305 e. The Hall–Kier alpha value is -2.52. The molecule has 0 unspecified atom stereocenters. The van der Waals surface area contributed by atoms with Crippen molar-refractivity contribution in [2.45, 2.75) is 17.7 Å². The van der Waals surface area contributed by atoms with E-state index in [1.54, 1.807) is 0 Å². The van der Waals surface area contributed by atoms with E-state index < -0.39 is 32.2 Å². The van der Waals surface area contributed by atoms with Crippen molar-refractivity contribution in [3.05, 3.63) is 62.4 Å². The number of amides is 1. The Morgan fingerprint density at radius 3 is 2.63 bits per heavy atom. The van der Waals surface area contributed by atoms with Crippen molar-refractivity contribution in [2.75, 3.05) is 17.7 Å². The minimum atomic E-state index is -3.79. The van der Waals surface area contributed by atoms with E-state index in [1.165, 1.54) is 6.07 Å². The Morgan fingerprint density at radius 2 is 2.00 bits per heavy atom. The van der Waals surface area contributed by atoms with Crippen LogP contribution in [0.1, 0.15) is 22.3 Å². The number of nitro groups is 1. The van der Waals surface area contributed by atoms with Gasteiger partial charge in [-0.3, -0.25) is 14.9 Å². The summed E-state index contributed by atoms with van der Waals surface area (Å²) in [6, 6.07) is 5.46. The highest BCUT2D eigenvalue weighted by atomic mass is 35.5. The average molecular weight is 413 g/mol. The van der Waals surface area contributed by atoms with Gasteiger partial charge >= 0.3 is 0 Å². The molecule has 7 nitrogen and oxygen atoms in total. The highest BCUT2D eigenvalue weighted by Crippen LogP contribution is 2.36. The standard InChI is InChI=1S/C17H14ClFN2O5S/c1-27(25,26)12-8-10(7-11(9-12)21(23)24)17(22)20-6-2-3-13-14(18)4-5-15(19)16(13)20/h4-5,7-9H,2-3,6H2,1H3. The lowest BCUT2D eigenvalue weighted by atomic mass is 10.00. The highest BCUT2D eigenvalue weighted by Gasteiger charge is 2.30. The van der Waals surface area contributed by atoms with Crippen LogP contribution in [0.3, 0.4) is 0 Å². The third-order valence-corrected chi connectivity index (χ3v) is 5.72. The molecule has 0 spiro atoms. The summed E-state index contributed by atoms with van der Waals surface area (Å²) in [5.41, 5.74) is -0.252. The fourth-order valence-electron chi connectivity index (χ4n) is 3.02. The maximum Gasteiger partial charge on any atom is 0.271 e. The molecule has 2 aromatic carbocycles. The lowest BCUT2D eigenvalue weighted by molar-refractivity contribution is -0.385. The molecular weight excluding hydrogens is 399 g/mol. The summed E-state index contributed by atoms with van der Waals surface area (Å²) in [6.45, 7) is 0.181. The first-order valence-electron chi connectivity index (χ1n) is 7.88. The molecule has 0 saturated carbocycles. The molecule has 0 radical (unpaired) electrons.